The maximum absolute atomic E-state index is 11.7. The minimum atomic E-state index is -0.310. The first kappa shape index (κ1) is 14.8. The molecule has 0 N–H and O–H groups in total. The molecule has 1 fully saturated rings. The van der Waals surface area contributed by atoms with E-state index in [9.17, 15) is 4.79 Å². The monoisotopic (exact) mass is 277 g/mol. The Balaban J connectivity index is 1.96. The van der Waals surface area contributed by atoms with Crippen LogP contribution in [0.15, 0.2) is 18.3 Å². The summed E-state index contributed by atoms with van der Waals surface area (Å²) in [6.45, 7) is 11.1. The molecule has 110 valence electrons. The lowest BCUT2D eigenvalue weighted by molar-refractivity contribution is 0.0377. The van der Waals surface area contributed by atoms with Gasteiger partial charge in [-0.2, -0.15) is 0 Å². The Kier molecular flexibility index (Phi) is 4.95. The molecule has 2 rings (SSSR count). The Morgan fingerprint density at radius 1 is 1.30 bits per heavy atom. The van der Waals surface area contributed by atoms with Crippen molar-refractivity contribution in [1.29, 1.82) is 0 Å². The molecule has 0 bridgehead atoms. The lowest BCUT2D eigenvalue weighted by atomic mass is 10.2. The van der Waals surface area contributed by atoms with Gasteiger partial charge in [-0.15, -0.1) is 0 Å². The number of ether oxygens (including phenoxy) is 1. The molecule has 1 saturated heterocycles. The molecule has 1 aliphatic rings. The Hall–Kier alpha value is -1.62. The van der Waals surface area contributed by atoms with E-state index >= 15 is 0 Å². The molecule has 0 amide bonds. The topological polar surface area (TPSA) is 45.7 Å². The van der Waals surface area contributed by atoms with Crippen molar-refractivity contribution in [1.82, 2.24) is 9.88 Å². The van der Waals surface area contributed by atoms with Crippen molar-refractivity contribution in [3.05, 3.63) is 23.9 Å². The number of hydrogen-bond acceptors (Lipinski definition) is 5. The lowest BCUT2D eigenvalue weighted by Gasteiger charge is -2.34. The van der Waals surface area contributed by atoms with Crippen LogP contribution in [0, 0.1) is 0 Å². The van der Waals surface area contributed by atoms with Crippen LogP contribution in [-0.2, 0) is 4.74 Å². The second kappa shape index (κ2) is 6.70. The Labute approximate surface area is 120 Å². The van der Waals surface area contributed by atoms with Gasteiger partial charge >= 0.3 is 5.97 Å². The van der Waals surface area contributed by atoms with E-state index in [1.165, 1.54) is 0 Å². The van der Waals surface area contributed by atoms with Gasteiger partial charge in [0.25, 0.3) is 0 Å². The van der Waals surface area contributed by atoms with Crippen LogP contribution in [0.5, 0.6) is 0 Å². The molecule has 0 spiro atoms. The number of nitrogens with zero attached hydrogens (tertiary/aromatic N) is 3. The molecule has 1 aromatic rings. The molecule has 0 atom stereocenters. The van der Waals surface area contributed by atoms with Crippen LogP contribution >= 0.6 is 0 Å². The fraction of sp³-hybridized carbons (Fsp3) is 0.600. The van der Waals surface area contributed by atoms with E-state index in [0.29, 0.717) is 5.56 Å². The fourth-order valence-electron chi connectivity index (χ4n) is 2.27. The maximum atomic E-state index is 11.7. The van der Waals surface area contributed by atoms with Gasteiger partial charge in [-0.05, 0) is 32.5 Å². The van der Waals surface area contributed by atoms with Crippen LogP contribution in [-0.4, -0.2) is 54.7 Å². The number of pyridine rings is 1. The molecule has 5 heteroatoms. The number of anilines is 1. The summed E-state index contributed by atoms with van der Waals surface area (Å²) in [5.74, 6) is 0.622. The third-order valence-electron chi connectivity index (χ3n) is 3.47. The van der Waals surface area contributed by atoms with Gasteiger partial charge in [-0.3, -0.25) is 0 Å². The molecule has 0 radical (unpaired) electrons. The van der Waals surface area contributed by atoms with Crippen molar-refractivity contribution >= 4 is 11.8 Å². The first-order valence-corrected chi connectivity index (χ1v) is 7.24. The summed E-state index contributed by atoms with van der Waals surface area (Å²) in [6, 6.07) is 3.69. The highest BCUT2D eigenvalue weighted by Crippen LogP contribution is 2.14. The first-order valence-electron chi connectivity index (χ1n) is 7.24. The average molecular weight is 277 g/mol. The van der Waals surface area contributed by atoms with E-state index in [4.69, 9.17) is 4.74 Å². The Bertz CT molecular complexity index is 437. The third-order valence-corrected chi connectivity index (χ3v) is 3.47. The fourth-order valence-corrected chi connectivity index (χ4v) is 2.27. The lowest BCUT2D eigenvalue weighted by Crippen LogP contribution is -2.46. The molecular formula is C15H23N3O2. The first-order chi connectivity index (χ1) is 9.60. The van der Waals surface area contributed by atoms with Gasteiger partial charge in [0.15, 0.2) is 0 Å². The third kappa shape index (κ3) is 3.70. The molecule has 1 aliphatic heterocycles. The number of piperazine rings is 1. The van der Waals surface area contributed by atoms with Crippen LogP contribution in [0.25, 0.3) is 0 Å². The predicted octanol–water partition coefficient (Wildman–Crippen LogP) is 1.79. The van der Waals surface area contributed by atoms with Gasteiger partial charge in [0.1, 0.15) is 5.82 Å². The summed E-state index contributed by atoms with van der Waals surface area (Å²) in [5.41, 5.74) is 0.509. The number of aromatic nitrogens is 1. The highest BCUT2D eigenvalue weighted by molar-refractivity contribution is 5.89. The number of esters is 1. The Morgan fingerprint density at radius 3 is 2.50 bits per heavy atom. The number of carbonyl (C=O) groups excluding carboxylic acids is 1. The van der Waals surface area contributed by atoms with Crippen LogP contribution < -0.4 is 4.90 Å². The van der Waals surface area contributed by atoms with Crippen molar-refractivity contribution < 1.29 is 9.53 Å². The minimum absolute atomic E-state index is 0.107. The highest BCUT2D eigenvalue weighted by atomic mass is 16.5. The second-order valence-corrected chi connectivity index (χ2v) is 5.28. The minimum Gasteiger partial charge on any atom is -0.459 e. The van der Waals surface area contributed by atoms with E-state index < -0.39 is 0 Å². The van der Waals surface area contributed by atoms with Gasteiger partial charge in [0.05, 0.1) is 11.7 Å². The summed E-state index contributed by atoms with van der Waals surface area (Å²) in [7, 11) is 0. The largest absolute Gasteiger partial charge is 0.459 e. The quantitative estimate of drug-likeness (QED) is 0.785. The van der Waals surface area contributed by atoms with E-state index in [-0.39, 0.29) is 12.1 Å². The smallest absolute Gasteiger partial charge is 0.339 e. The van der Waals surface area contributed by atoms with E-state index in [2.05, 4.69) is 21.7 Å². The molecule has 0 unspecified atom stereocenters. The average Bonchev–Trinajstić information content (AvgIpc) is 2.47. The van der Waals surface area contributed by atoms with Crippen molar-refractivity contribution in [3.8, 4) is 0 Å². The number of rotatable bonds is 4. The SMILES string of the molecule is CCN1CCN(c2ccc(C(=O)OC(C)C)cn2)CC1. The zero-order valence-electron chi connectivity index (χ0n) is 12.5. The number of likely N-dealkylation sites (N-methyl/N-ethyl adjacent to an activating group) is 1. The van der Waals surface area contributed by atoms with E-state index in [1.807, 2.05) is 19.9 Å². The van der Waals surface area contributed by atoms with Crippen molar-refractivity contribution in [2.24, 2.45) is 0 Å². The van der Waals surface area contributed by atoms with Gasteiger partial charge in [0, 0.05) is 32.4 Å². The molecule has 5 nitrogen and oxygen atoms in total. The van der Waals surface area contributed by atoms with Crippen LogP contribution in [0.2, 0.25) is 0 Å². The van der Waals surface area contributed by atoms with Crippen LogP contribution in [0.3, 0.4) is 0 Å². The predicted molar refractivity (Wildman–Crippen MR) is 79.1 cm³/mol. The molecule has 0 aliphatic carbocycles. The van der Waals surface area contributed by atoms with Crippen LogP contribution in [0.1, 0.15) is 31.1 Å². The van der Waals surface area contributed by atoms with E-state index in [1.54, 1.807) is 12.3 Å². The summed E-state index contributed by atoms with van der Waals surface area (Å²) < 4.78 is 5.15. The summed E-state index contributed by atoms with van der Waals surface area (Å²) in [5, 5.41) is 0. The molecule has 0 saturated carbocycles. The standard InChI is InChI=1S/C15H23N3O2/c1-4-17-7-9-18(10-8-17)14-6-5-13(11-16-14)15(19)20-12(2)3/h5-6,11-12H,4,7-10H2,1-3H3. The highest BCUT2D eigenvalue weighted by Gasteiger charge is 2.17. The van der Waals surface area contributed by atoms with Gasteiger partial charge < -0.3 is 14.5 Å². The summed E-state index contributed by atoms with van der Waals surface area (Å²) in [4.78, 5) is 20.8. The molecule has 1 aromatic heterocycles. The van der Waals surface area contributed by atoms with Crippen LogP contribution in [0.4, 0.5) is 5.82 Å². The number of hydrogen-bond donors (Lipinski definition) is 0. The normalized spacial score (nSPS) is 16.5. The van der Waals surface area contributed by atoms with Crippen molar-refractivity contribution in [3.63, 3.8) is 0 Å². The molecule has 0 aromatic carbocycles. The second-order valence-electron chi connectivity index (χ2n) is 5.28. The molecule has 2 heterocycles. The zero-order chi connectivity index (χ0) is 14.5. The Morgan fingerprint density at radius 2 is 2.00 bits per heavy atom. The molecule has 20 heavy (non-hydrogen) atoms. The summed E-state index contributed by atoms with van der Waals surface area (Å²) >= 11 is 0. The van der Waals surface area contributed by atoms with Crippen molar-refractivity contribution in [2.45, 2.75) is 26.9 Å². The van der Waals surface area contributed by atoms with Crippen molar-refractivity contribution in [2.75, 3.05) is 37.6 Å². The van der Waals surface area contributed by atoms with E-state index in [0.717, 1.165) is 38.5 Å². The zero-order valence-corrected chi connectivity index (χ0v) is 12.5. The van der Waals surface area contributed by atoms with Gasteiger partial charge in [-0.25, -0.2) is 9.78 Å². The summed E-state index contributed by atoms with van der Waals surface area (Å²) in [6.07, 6.45) is 1.50. The molecular weight excluding hydrogens is 254 g/mol. The maximum Gasteiger partial charge on any atom is 0.339 e. The number of carbonyl (C=O) groups is 1. The van der Waals surface area contributed by atoms with Gasteiger partial charge in [-0.1, -0.05) is 6.92 Å². The van der Waals surface area contributed by atoms with Gasteiger partial charge in [0.2, 0.25) is 0 Å².